The smallest absolute Gasteiger partial charge is 0.200 e. The van der Waals surface area contributed by atoms with E-state index >= 15 is 0 Å². The topological polar surface area (TPSA) is 0 Å². The largest absolute Gasteiger partial charge is 0.424 e. The molecular weight excluding hydrogens is 307 g/mol. The Bertz CT molecular complexity index is 218. The minimum atomic E-state index is -4.76. The number of hydrogen-bond donors (Lipinski definition) is 0. The van der Waals surface area contributed by atoms with E-state index < -0.39 is 23.9 Å². The van der Waals surface area contributed by atoms with Gasteiger partial charge in [-0.2, -0.15) is 8.78 Å². The third-order valence-electron chi connectivity index (χ3n) is 2.16. The summed E-state index contributed by atoms with van der Waals surface area (Å²) in [6, 6.07) is -4.76. The first kappa shape index (κ1) is 16.8. The Balaban J connectivity index is 4.41. The zero-order chi connectivity index (χ0) is 13.0. The van der Waals surface area contributed by atoms with Crippen LogP contribution < -0.4 is 0 Å². The van der Waals surface area contributed by atoms with E-state index in [1.165, 1.54) is 0 Å². The Kier molecular flexibility index (Phi) is 6.42. The molecule has 0 rings (SSSR count). The Morgan fingerprint density at radius 1 is 0.938 bits per heavy atom. The van der Waals surface area contributed by atoms with Crippen molar-refractivity contribution >= 4 is 39.2 Å². The van der Waals surface area contributed by atoms with Crippen LogP contribution in [0.15, 0.2) is 0 Å². The van der Waals surface area contributed by atoms with Crippen molar-refractivity contribution in [3.63, 3.8) is 0 Å². The van der Waals surface area contributed by atoms with Crippen molar-refractivity contribution in [2.75, 3.05) is 0 Å². The molecule has 98 valence electrons. The molecule has 0 aromatic heterocycles. The van der Waals surface area contributed by atoms with Crippen molar-refractivity contribution in [3.8, 4) is 0 Å². The van der Waals surface area contributed by atoms with E-state index in [9.17, 15) is 17.6 Å². The van der Waals surface area contributed by atoms with Crippen LogP contribution in [0.25, 0.3) is 0 Å². The van der Waals surface area contributed by atoms with Crippen LogP contribution in [0.4, 0.5) is 17.6 Å². The van der Waals surface area contributed by atoms with Gasteiger partial charge in [-0.3, -0.25) is 0 Å². The molecule has 0 saturated carbocycles. The van der Waals surface area contributed by atoms with Crippen molar-refractivity contribution < 1.29 is 17.6 Å². The minimum Gasteiger partial charge on any atom is -0.200 e. The molecule has 0 bridgehead atoms. The monoisotopic (exact) mass is 318 g/mol. The van der Waals surface area contributed by atoms with Gasteiger partial charge in [0.25, 0.3) is 0 Å². The first-order valence-corrected chi connectivity index (χ1v) is 9.92. The van der Waals surface area contributed by atoms with Crippen LogP contribution in [-0.2, 0) is 0 Å². The summed E-state index contributed by atoms with van der Waals surface area (Å²) in [5, 5.41) is 0. The van der Waals surface area contributed by atoms with E-state index in [1.54, 1.807) is 0 Å². The molecule has 16 heavy (non-hydrogen) atoms. The van der Waals surface area contributed by atoms with Gasteiger partial charge in [0, 0.05) is 6.42 Å². The predicted octanol–water partition coefficient (Wildman–Crippen LogP) is 5.42. The van der Waals surface area contributed by atoms with E-state index in [0.717, 1.165) is 12.8 Å². The maximum Gasteiger partial charge on any atom is 0.424 e. The molecule has 0 spiro atoms. The molecule has 0 aliphatic heterocycles. The molecule has 0 aliphatic rings. The Labute approximate surface area is 107 Å². The molecule has 8 heteroatoms. The fraction of sp³-hybridized carbons (Fsp3) is 1.00. The molecule has 0 heterocycles. The molecule has 0 aromatic carbocycles. The molecule has 0 unspecified atom stereocenters. The van der Waals surface area contributed by atoms with E-state index in [2.05, 4.69) is 0 Å². The highest BCUT2D eigenvalue weighted by Gasteiger charge is 2.69. The third kappa shape index (κ3) is 4.24. The van der Waals surface area contributed by atoms with Gasteiger partial charge < -0.3 is 0 Å². The van der Waals surface area contributed by atoms with Crippen LogP contribution in [0.2, 0.25) is 0 Å². The highest BCUT2D eigenvalue weighted by Crippen LogP contribution is 2.49. The number of rotatable bonds is 7. The zero-order valence-corrected chi connectivity index (χ0v) is 11.9. The van der Waals surface area contributed by atoms with Crippen LogP contribution in [0.5, 0.6) is 0 Å². The summed E-state index contributed by atoms with van der Waals surface area (Å²) < 4.78 is 52.6. The van der Waals surface area contributed by atoms with Crippen LogP contribution >= 0.6 is 33.2 Å². The van der Waals surface area contributed by atoms with Crippen molar-refractivity contribution in [1.29, 1.82) is 0 Å². The maximum atomic E-state index is 13.2. The summed E-state index contributed by atoms with van der Waals surface area (Å²) >= 11 is 15.0. The standard InChI is InChI=1S/C8H13Cl3F4Si/c1-2-3-4-5-6-7(12,13)8(14,15)16(9,10)11/h2-6H2,1H3. The summed E-state index contributed by atoms with van der Waals surface area (Å²) in [6.07, 6.45) is 1.10. The average molecular weight is 320 g/mol. The van der Waals surface area contributed by atoms with Crippen molar-refractivity contribution in [2.24, 2.45) is 0 Å². The molecule has 0 aromatic rings. The van der Waals surface area contributed by atoms with Crippen LogP contribution in [0.1, 0.15) is 39.0 Å². The molecule has 0 fully saturated rings. The summed E-state index contributed by atoms with van der Waals surface area (Å²) in [4.78, 5) is 0. The third-order valence-corrected chi connectivity index (χ3v) is 5.37. The summed E-state index contributed by atoms with van der Waals surface area (Å²) in [5.41, 5.74) is -4.52. The Morgan fingerprint density at radius 3 is 1.81 bits per heavy atom. The van der Waals surface area contributed by atoms with Crippen molar-refractivity contribution in [3.05, 3.63) is 0 Å². The van der Waals surface area contributed by atoms with E-state index in [4.69, 9.17) is 33.2 Å². The van der Waals surface area contributed by atoms with Gasteiger partial charge in [-0.15, -0.1) is 33.2 Å². The van der Waals surface area contributed by atoms with Crippen molar-refractivity contribution in [1.82, 2.24) is 0 Å². The molecule has 0 amide bonds. The lowest BCUT2D eigenvalue weighted by atomic mass is 10.1. The SMILES string of the molecule is CCCCCCC(F)(F)C(F)(F)[Si](Cl)(Cl)Cl. The fourth-order valence-corrected chi connectivity index (χ4v) is 2.92. The summed E-state index contributed by atoms with van der Waals surface area (Å²) in [6.45, 7) is 1.89. The molecule has 0 aliphatic carbocycles. The van der Waals surface area contributed by atoms with Crippen molar-refractivity contribution in [2.45, 2.75) is 50.5 Å². The Morgan fingerprint density at radius 2 is 1.44 bits per heavy atom. The van der Waals surface area contributed by atoms with Gasteiger partial charge in [0.2, 0.25) is 0 Å². The predicted molar refractivity (Wildman–Crippen MR) is 62.0 cm³/mol. The molecule has 0 nitrogen and oxygen atoms in total. The van der Waals surface area contributed by atoms with Gasteiger partial charge in [0.05, 0.1) is 0 Å². The molecule has 0 atom stereocenters. The fourth-order valence-electron chi connectivity index (χ4n) is 1.14. The number of alkyl halides is 4. The quantitative estimate of drug-likeness (QED) is 0.254. The van der Waals surface area contributed by atoms with Gasteiger partial charge in [0.15, 0.2) is 0 Å². The Hall–Kier alpha value is 0.807. The molecule has 0 radical (unpaired) electrons. The van der Waals surface area contributed by atoms with Crippen LogP contribution in [0, 0.1) is 0 Å². The first-order valence-electron chi connectivity index (χ1n) is 4.88. The second kappa shape index (κ2) is 6.11. The lowest BCUT2D eigenvalue weighted by Crippen LogP contribution is -2.53. The zero-order valence-electron chi connectivity index (χ0n) is 8.68. The minimum absolute atomic E-state index is 0.00553. The van der Waals surface area contributed by atoms with Gasteiger partial charge in [-0.1, -0.05) is 26.2 Å². The van der Waals surface area contributed by atoms with Gasteiger partial charge >= 0.3 is 17.5 Å². The summed E-state index contributed by atoms with van der Waals surface area (Å²) in [7, 11) is 0. The molecular formula is C8H13Cl3F4Si. The van der Waals surface area contributed by atoms with E-state index in [-0.39, 0.29) is 6.42 Å². The van der Waals surface area contributed by atoms with Gasteiger partial charge in [-0.05, 0) is 6.42 Å². The number of halogens is 7. The number of hydrogen-bond acceptors (Lipinski definition) is 0. The first-order chi connectivity index (χ1) is 7.06. The van der Waals surface area contributed by atoms with Gasteiger partial charge in [0.1, 0.15) is 0 Å². The van der Waals surface area contributed by atoms with Crippen LogP contribution in [-0.4, -0.2) is 17.5 Å². The lowest BCUT2D eigenvalue weighted by molar-refractivity contribution is -0.165. The summed E-state index contributed by atoms with van der Waals surface area (Å²) in [5.74, 6) is -4.24. The van der Waals surface area contributed by atoms with E-state index in [1.807, 2.05) is 6.92 Å². The van der Waals surface area contributed by atoms with Gasteiger partial charge in [-0.25, -0.2) is 8.78 Å². The second-order valence-electron chi connectivity index (χ2n) is 3.59. The number of unbranched alkanes of at least 4 members (excludes halogenated alkanes) is 3. The molecule has 0 N–H and O–H groups in total. The average Bonchev–Trinajstić information content (AvgIpc) is 2.10. The van der Waals surface area contributed by atoms with E-state index in [0.29, 0.717) is 6.42 Å². The normalized spacial score (nSPS) is 14.2. The highest BCUT2D eigenvalue weighted by molar-refractivity contribution is 7.65. The highest BCUT2D eigenvalue weighted by atomic mass is 35.8. The lowest BCUT2D eigenvalue weighted by Gasteiger charge is -2.30. The second-order valence-corrected chi connectivity index (χ2v) is 12.1. The maximum absolute atomic E-state index is 13.2. The van der Waals surface area contributed by atoms with Crippen LogP contribution in [0.3, 0.4) is 0 Å². The molecule has 0 saturated heterocycles.